The van der Waals surface area contributed by atoms with Gasteiger partial charge in [0.05, 0.1) is 11.5 Å². The third-order valence-electron chi connectivity index (χ3n) is 3.78. The van der Waals surface area contributed by atoms with Crippen molar-refractivity contribution in [3.05, 3.63) is 29.8 Å². The molecule has 0 aliphatic heterocycles. The molecule has 0 amide bonds. The first-order valence-electron chi connectivity index (χ1n) is 6.83. The highest BCUT2D eigenvalue weighted by molar-refractivity contribution is 7.89. The number of nitrogens with zero attached hydrogens (tertiary/aromatic N) is 1. The number of hydrogen-bond donors (Lipinski definition) is 1. The van der Waals surface area contributed by atoms with E-state index in [9.17, 15) is 8.42 Å². The van der Waals surface area contributed by atoms with Gasteiger partial charge < -0.3 is 5.11 Å². The summed E-state index contributed by atoms with van der Waals surface area (Å²) in [6, 6.07) is 6.83. The summed E-state index contributed by atoms with van der Waals surface area (Å²) in [7, 11) is -3.40. The van der Waals surface area contributed by atoms with E-state index in [0.717, 1.165) is 25.7 Å². The molecule has 4 nitrogen and oxygen atoms in total. The van der Waals surface area contributed by atoms with E-state index >= 15 is 0 Å². The van der Waals surface area contributed by atoms with E-state index in [1.807, 2.05) is 0 Å². The zero-order chi connectivity index (χ0) is 13.5. The van der Waals surface area contributed by atoms with E-state index in [0.29, 0.717) is 22.9 Å². The lowest BCUT2D eigenvalue weighted by Gasteiger charge is -2.22. The summed E-state index contributed by atoms with van der Waals surface area (Å²) in [5.74, 6) is 0.552. The standard InChI is InChI=1S/C14H19NO3S/c16-10-12-2-1-3-14(8-12)19(17,18)15(13-6-7-13)9-11-4-5-11/h1-3,8,11,13,16H,4-7,9-10H2. The van der Waals surface area contributed by atoms with Crippen LogP contribution >= 0.6 is 0 Å². The maximum atomic E-state index is 12.7. The molecule has 104 valence electrons. The van der Waals surface area contributed by atoms with Gasteiger partial charge in [0, 0.05) is 12.6 Å². The van der Waals surface area contributed by atoms with Crippen molar-refractivity contribution in [3.63, 3.8) is 0 Å². The monoisotopic (exact) mass is 281 g/mol. The van der Waals surface area contributed by atoms with Crippen LogP contribution in [0.2, 0.25) is 0 Å². The van der Waals surface area contributed by atoms with E-state index in [4.69, 9.17) is 5.11 Å². The first-order valence-corrected chi connectivity index (χ1v) is 8.27. The van der Waals surface area contributed by atoms with Crippen LogP contribution in [-0.4, -0.2) is 30.4 Å². The number of sulfonamides is 1. The molecule has 1 aromatic rings. The number of aliphatic hydroxyl groups excluding tert-OH is 1. The average Bonchev–Trinajstić information content (AvgIpc) is 3.28. The lowest BCUT2D eigenvalue weighted by molar-refractivity contribution is 0.281. The molecule has 1 aromatic carbocycles. The number of aliphatic hydroxyl groups is 1. The molecule has 0 unspecified atom stereocenters. The van der Waals surface area contributed by atoms with Gasteiger partial charge in [0.25, 0.3) is 0 Å². The minimum atomic E-state index is -3.40. The van der Waals surface area contributed by atoms with Crippen LogP contribution in [0.15, 0.2) is 29.2 Å². The molecule has 0 spiro atoms. The maximum Gasteiger partial charge on any atom is 0.243 e. The summed E-state index contributed by atoms with van der Waals surface area (Å²) in [4.78, 5) is 0.312. The largest absolute Gasteiger partial charge is 0.392 e. The lowest BCUT2D eigenvalue weighted by Crippen LogP contribution is -2.35. The lowest BCUT2D eigenvalue weighted by atomic mass is 10.2. The quantitative estimate of drug-likeness (QED) is 0.864. The molecule has 0 bridgehead atoms. The van der Waals surface area contributed by atoms with Crippen molar-refractivity contribution in [2.75, 3.05) is 6.54 Å². The summed E-state index contributed by atoms with van der Waals surface area (Å²) in [5, 5.41) is 9.13. The summed E-state index contributed by atoms with van der Waals surface area (Å²) in [6.07, 6.45) is 4.25. The SMILES string of the molecule is O=S(=O)(c1cccc(CO)c1)N(CC1CC1)C1CC1. The minimum Gasteiger partial charge on any atom is -0.392 e. The van der Waals surface area contributed by atoms with Crippen molar-refractivity contribution in [1.82, 2.24) is 4.31 Å². The minimum absolute atomic E-state index is 0.130. The summed E-state index contributed by atoms with van der Waals surface area (Å²) >= 11 is 0. The first-order chi connectivity index (χ1) is 9.11. The van der Waals surface area contributed by atoms with Gasteiger partial charge in [-0.25, -0.2) is 8.42 Å². The second kappa shape index (κ2) is 4.89. The summed E-state index contributed by atoms with van der Waals surface area (Å²) in [6.45, 7) is 0.533. The highest BCUT2D eigenvalue weighted by Crippen LogP contribution is 2.38. The van der Waals surface area contributed by atoms with Crippen molar-refractivity contribution in [1.29, 1.82) is 0 Å². The van der Waals surface area contributed by atoms with Crippen LogP contribution in [0.1, 0.15) is 31.2 Å². The highest BCUT2D eigenvalue weighted by Gasteiger charge is 2.41. The van der Waals surface area contributed by atoms with Crippen LogP contribution in [0.3, 0.4) is 0 Å². The van der Waals surface area contributed by atoms with Crippen molar-refractivity contribution in [2.24, 2.45) is 5.92 Å². The molecule has 0 aromatic heterocycles. The Hall–Kier alpha value is -0.910. The van der Waals surface area contributed by atoms with Crippen LogP contribution in [0.25, 0.3) is 0 Å². The van der Waals surface area contributed by atoms with Gasteiger partial charge in [-0.1, -0.05) is 12.1 Å². The molecule has 1 N–H and O–H groups in total. The first kappa shape index (κ1) is 13.1. The van der Waals surface area contributed by atoms with Gasteiger partial charge >= 0.3 is 0 Å². The van der Waals surface area contributed by atoms with Gasteiger partial charge in [0.15, 0.2) is 0 Å². The molecule has 2 aliphatic rings. The van der Waals surface area contributed by atoms with Crippen LogP contribution in [0.4, 0.5) is 0 Å². The fourth-order valence-electron chi connectivity index (χ4n) is 2.30. The van der Waals surface area contributed by atoms with Gasteiger partial charge in [0.1, 0.15) is 0 Å². The van der Waals surface area contributed by atoms with Crippen LogP contribution < -0.4 is 0 Å². The van der Waals surface area contributed by atoms with E-state index in [2.05, 4.69) is 0 Å². The Morgan fingerprint density at radius 3 is 2.53 bits per heavy atom. The summed E-state index contributed by atoms with van der Waals surface area (Å²) < 4.78 is 27.1. The van der Waals surface area contributed by atoms with Crippen molar-refractivity contribution in [3.8, 4) is 0 Å². The fraction of sp³-hybridized carbons (Fsp3) is 0.571. The van der Waals surface area contributed by atoms with Crippen molar-refractivity contribution < 1.29 is 13.5 Å². The Balaban J connectivity index is 1.89. The number of hydrogen-bond acceptors (Lipinski definition) is 3. The van der Waals surface area contributed by atoms with Crippen molar-refractivity contribution in [2.45, 2.75) is 43.2 Å². The van der Waals surface area contributed by atoms with Crippen molar-refractivity contribution >= 4 is 10.0 Å². The number of benzene rings is 1. The molecule has 2 saturated carbocycles. The normalized spacial score (nSPS) is 19.9. The molecule has 5 heteroatoms. The van der Waals surface area contributed by atoms with Gasteiger partial charge in [0.2, 0.25) is 10.0 Å². The van der Waals surface area contributed by atoms with Crippen LogP contribution in [0, 0.1) is 5.92 Å². The Kier molecular flexibility index (Phi) is 3.37. The average molecular weight is 281 g/mol. The molecule has 2 aliphatic carbocycles. The second-order valence-corrected chi connectivity index (χ2v) is 7.45. The maximum absolute atomic E-state index is 12.7. The number of rotatable bonds is 6. The third kappa shape index (κ3) is 2.83. The van der Waals surface area contributed by atoms with E-state index in [-0.39, 0.29) is 12.6 Å². The molecule has 0 atom stereocenters. The topological polar surface area (TPSA) is 57.6 Å². The van der Waals surface area contributed by atoms with E-state index in [1.165, 1.54) is 0 Å². The van der Waals surface area contributed by atoms with Gasteiger partial charge in [-0.2, -0.15) is 4.31 Å². The molecular weight excluding hydrogens is 262 g/mol. The molecular formula is C14H19NO3S. The molecule has 0 radical (unpaired) electrons. The molecule has 0 saturated heterocycles. The van der Waals surface area contributed by atoms with Crippen LogP contribution in [0.5, 0.6) is 0 Å². The van der Waals surface area contributed by atoms with Gasteiger partial charge in [-0.3, -0.25) is 0 Å². The van der Waals surface area contributed by atoms with Gasteiger partial charge in [-0.15, -0.1) is 0 Å². The second-order valence-electron chi connectivity index (χ2n) is 5.55. The predicted molar refractivity (Wildman–Crippen MR) is 72.0 cm³/mol. The van der Waals surface area contributed by atoms with E-state index in [1.54, 1.807) is 28.6 Å². The molecule has 3 rings (SSSR count). The van der Waals surface area contributed by atoms with E-state index < -0.39 is 10.0 Å². The Labute approximate surface area is 114 Å². The molecule has 2 fully saturated rings. The van der Waals surface area contributed by atoms with Gasteiger partial charge in [-0.05, 0) is 49.3 Å². The fourth-order valence-corrected chi connectivity index (χ4v) is 4.13. The highest BCUT2D eigenvalue weighted by atomic mass is 32.2. The predicted octanol–water partition coefficient (Wildman–Crippen LogP) is 1.74. The Bertz CT molecular complexity index is 562. The summed E-state index contributed by atoms with van der Waals surface area (Å²) in [5.41, 5.74) is 0.642. The molecule has 0 heterocycles. The Morgan fingerprint density at radius 2 is 1.95 bits per heavy atom. The van der Waals surface area contributed by atoms with Crippen LogP contribution in [-0.2, 0) is 16.6 Å². The smallest absolute Gasteiger partial charge is 0.243 e. The zero-order valence-corrected chi connectivity index (χ0v) is 11.6. The zero-order valence-electron chi connectivity index (χ0n) is 10.8. The Morgan fingerprint density at radius 1 is 1.21 bits per heavy atom. The third-order valence-corrected chi connectivity index (χ3v) is 5.69. The molecule has 19 heavy (non-hydrogen) atoms.